The standard InChI is InChI=1S/C15H13BrN2O4/c1-22-15(19)13-8-12(18(20)21)6-7-14(13)17-9-10-2-4-11(16)5-3-10/h2-8,17H,9H2,1H3. The lowest BCUT2D eigenvalue weighted by Crippen LogP contribution is -2.09. The number of ether oxygens (including phenoxy) is 1. The number of halogens is 1. The highest BCUT2D eigenvalue weighted by atomic mass is 79.9. The van der Waals surface area contributed by atoms with Crippen molar-refractivity contribution in [1.82, 2.24) is 0 Å². The Bertz CT molecular complexity index is 701. The van der Waals surface area contributed by atoms with Crippen LogP contribution >= 0.6 is 15.9 Å². The summed E-state index contributed by atoms with van der Waals surface area (Å²) in [5.74, 6) is -0.623. The average Bonchev–Trinajstić information content (AvgIpc) is 2.53. The second-order valence-electron chi connectivity index (χ2n) is 4.46. The monoisotopic (exact) mass is 364 g/mol. The van der Waals surface area contributed by atoms with Crippen molar-refractivity contribution in [1.29, 1.82) is 0 Å². The number of methoxy groups -OCH3 is 1. The normalized spacial score (nSPS) is 10.1. The third-order valence-corrected chi connectivity index (χ3v) is 3.54. The van der Waals surface area contributed by atoms with E-state index in [1.807, 2.05) is 24.3 Å². The zero-order chi connectivity index (χ0) is 16.1. The molecule has 7 heteroatoms. The van der Waals surface area contributed by atoms with Crippen molar-refractivity contribution in [2.45, 2.75) is 6.54 Å². The summed E-state index contributed by atoms with van der Waals surface area (Å²) in [6.07, 6.45) is 0. The van der Waals surface area contributed by atoms with Crippen molar-refractivity contribution in [2.75, 3.05) is 12.4 Å². The van der Waals surface area contributed by atoms with Gasteiger partial charge in [-0.05, 0) is 23.8 Å². The van der Waals surface area contributed by atoms with E-state index < -0.39 is 10.9 Å². The van der Waals surface area contributed by atoms with Gasteiger partial charge < -0.3 is 10.1 Å². The molecule has 0 aliphatic carbocycles. The molecule has 0 fully saturated rings. The second kappa shape index (κ2) is 7.04. The van der Waals surface area contributed by atoms with Gasteiger partial charge in [0.1, 0.15) is 0 Å². The van der Waals surface area contributed by atoms with Crippen molar-refractivity contribution in [2.24, 2.45) is 0 Å². The van der Waals surface area contributed by atoms with Crippen LogP contribution in [0.2, 0.25) is 0 Å². The SMILES string of the molecule is COC(=O)c1cc([N+](=O)[O-])ccc1NCc1ccc(Br)cc1. The predicted octanol–water partition coefficient (Wildman–Crippen LogP) is 3.76. The van der Waals surface area contributed by atoms with Crippen LogP contribution in [0.1, 0.15) is 15.9 Å². The number of esters is 1. The van der Waals surface area contributed by atoms with Gasteiger partial charge in [0.05, 0.1) is 17.6 Å². The van der Waals surface area contributed by atoms with Gasteiger partial charge >= 0.3 is 5.97 Å². The molecule has 0 unspecified atom stereocenters. The summed E-state index contributed by atoms with van der Waals surface area (Å²) in [6.45, 7) is 0.481. The number of carbonyl (C=O) groups excluding carboxylic acids is 1. The highest BCUT2D eigenvalue weighted by molar-refractivity contribution is 9.10. The molecule has 0 aliphatic heterocycles. The van der Waals surface area contributed by atoms with Crippen molar-refractivity contribution in [3.63, 3.8) is 0 Å². The first-order chi connectivity index (χ1) is 10.5. The maximum atomic E-state index is 11.8. The second-order valence-corrected chi connectivity index (χ2v) is 5.37. The van der Waals surface area contributed by atoms with E-state index in [1.165, 1.54) is 25.3 Å². The van der Waals surface area contributed by atoms with Crippen LogP contribution in [-0.4, -0.2) is 18.0 Å². The van der Waals surface area contributed by atoms with Gasteiger partial charge in [-0.15, -0.1) is 0 Å². The minimum absolute atomic E-state index is 0.133. The fourth-order valence-corrected chi connectivity index (χ4v) is 2.14. The summed E-state index contributed by atoms with van der Waals surface area (Å²) in [6, 6.07) is 11.7. The van der Waals surface area contributed by atoms with E-state index in [4.69, 9.17) is 0 Å². The minimum atomic E-state index is -0.623. The molecule has 0 saturated carbocycles. The Morgan fingerprint density at radius 1 is 1.27 bits per heavy atom. The Morgan fingerprint density at radius 2 is 1.95 bits per heavy atom. The van der Waals surface area contributed by atoms with Crippen LogP contribution in [-0.2, 0) is 11.3 Å². The highest BCUT2D eigenvalue weighted by Gasteiger charge is 2.17. The van der Waals surface area contributed by atoms with E-state index in [-0.39, 0.29) is 11.3 Å². The topological polar surface area (TPSA) is 81.5 Å². The number of benzene rings is 2. The number of carbonyl (C=O) groups is 1. The lowest BCUT2D eigenvalue weighted by molar-refractivity contribution is -0.384. The Morgan fingerprint density at radius 3 is 2.55 bits per heavy atom. The number of non-ortho nitro benzene ring substituents is 1. The van der Waals surface area contributed by atoms with Crippen LogP contribution in [0.25, 0.3) is 0 Å². The lowest BCUT2D eigenvalue weighted by Gasteiger charge is -2.11. The molecule has 0 atom stereocenters. The van der Waals surface area contributed by atoms with E-state index in [0.29, 0.717) is 12.2 Å². The average molecular weight is 365 g/mol. The zero-order valence-electron chi connectivity index (χ0n) is 11.7. The van der Waals surface area contributed by atoms with Crippen LogP contribution < -0.4 is 5.32 Å². The Balaban J connectivity index is 2.23. The predicted molar refractivity (Wildman–Crippen MR) is 85.9 cm³/mol. The van der Waals surface area contributed by atoms with Gasteiger partial charge in [-0.2, -0.15) is 0 Å². The highest BCUT2D eigenvalue weighted by Crippen LogP contribution is 2.23. The van der Waals surface area contributed by atoms with Crippen molar-refractivity contribution >= 4 is 33.3 Å². The molecular weight excluding hydrogens is 352 g/mol. The molecule has 1 N–H and O–H groups in total. The number of anilines is 1. The molecule has 0 saturated heterocycles. The number of nitrogens with zero attached hydrogens (tertiary/aromatic N) is 1. The van der Waals surface area contributed by atoms with Gasteiger partial charge in [0.15, 0.2) is 0 Å². The Labute approximate surface area is 135 Å². The zero-order valence-corrected chi connectivity index (χ0v) is 13.3. The fourth-order valence-electron chi connectivity index (χ4n) is 1.88. The molecule has 0 aromatic heterocycles. The van der Waals surface area contributed by atoms with E-state index in [2.05, 4.69) is 26.0 Å². The molecular formula is C15H13BrN2O4. The van der Waals surface area contributed by atoms with Crippen molar-refractivity contribution in [3.8, 4) is 0 Å². The molecule has 0 bridgehead atoms. The molecule has 0 amide bonds. The molecule has 2 aromatic rings. The van der Waals surface area contributed by atoms with E-state index >= 15 is 0 Å². The first-order valence-corrected chi connectivity index (χ1v) is 7.15. The summed E-state index contributed by atoms with van der Waals surface area (Å²) in [5.41, 5.74) is 1.47. The summed E-state index contributed by atoms with van der Waals surface area (Å²) in [5, 5.41) is 13.9. The number of hydrogen-bond acceptors (Lipinski definition) is 5. The van der Waals surface area contributed by atoms with Crippen LogP contribution in [0.5, 0.6) is 0 Å². The van der Waals surface area contributed by atoms with E-state index in [9.17, 15) is 14.9 Å². The van der Waals surface area contributed by atoms with Gasteiger partial charge in [0, 0.05) is 28.8 Å². The largest absolute Gasteiger partial charge is 0.465 e. The number of rotatable bonds is 5. The summed E-state index contributed by atoms with van der Waals surface area (Å²) >= 11 is 3.36. The Kier molecular flexibility index (Phi) is 5.11. The molecule has 2 aromatic carbocycles. The van der Waals surface area contributed by atoms with Gasteiger partial charge in [-0.3, -0.25) is 10.1 Å². The van der Waals surface area contributed by atoms with Crippen LogP contribution in [0.15, 0.2) is 46.9 Å². The third-order valence-electron chi connectivity index (χ3n) is 3.02. The molecule has 0 radical (unpaired) electrons. The van der Waals surface area contributed by atoms with Crippen LogP contribution in [0.3, 0.4) is 0 Å². The number of nitro groups is 1. The molecule has 0 spiro atoms. The van der Waals surface area contributed by atoms with Gasteiger partial charge in [-0.25, -0.2) is 4.79 Å². The Hall–Kier alpha value is -2.41. The summed E-state index contributed by atoms with van der Waals surface area (Å²) in [7, 11) is 1.24. The fraction of sp³-hybridized carbons (Fsp3) is 0.133. The maximum Gasteiger partial charge on any atom is 0.340 e. The van der Waals surface area contributed by atoms with Crippen molar-refractivity contribution in [3.05, 3.63) is 68.2 Å². The number of hydrogen-bond donors (Lipinski definition) is 1. The van der Waals surface area contributed by atoms with Gasteiger partial charge in [0.25, 0.3) is 5.69 Å². The van der Waals surface area contributed by atoms with Gasteiger partial charge in [0.2, 0.25) is 0 Å². The molecule has 6 nitrogen and oxygen atoms in total. The molecule has 2 rings (SSSR count). The van der Waals surface area contributed by atoms with Gasteiger partial charge in [-0.1, -0.05) is 28.1 Å². The molecule has 114 valence electrons. The first kappa shape index (κ1) is 16.0. The lowest BCUT2D eigenvalue weighted by atomic mass is 10.1. The smallest absolute Gasteiger partial charge is 0.340 e. The maximum absolute atomic E-state index is 11.8. The first-order valence-electron chi connectivity index (χ1n) is 6.36. The van der Waals surface area contributed by atoms with Crippen molar-refractivity contribution < 1.29 is 14.5 Å². The van der Waals surface area contributed by atoms with Crippen LogP contribution in [0, 0.1) is 10.1 Å². The third kappa shape index (κ3) is 3.82. The number of nitro benzene ring substituents is 1. The molecule has 22 heavy (non-hydrogen) atoms. The molecule has 0 heterocycles. The molecule has 0 aliphatic rings. The van der Waals surface area contributed by atoms with E-state index in [0.717, 1.165) is 10.0 Å². The minimum Gasteiger partial charge on any atom is -0.465 e. The van der Waals surface area contributed by atoms with Crippen LogP contribution in [0.4, 0.5) is 11.4 Å². The summed E-state index contributed by atoms with van der Waals surface area (Å²) < 4.78 is 5.65. The number of nitrogens with one attached hydrogen (secondary N) is 1. The quantitative estimate of drug-likeness (QED) is 0.496. The van der Waals surface area contributed by atoms with E-state index in [1.54, 1.807) is 0 Å². The summed E-state index contributed by atoms with van der Waals surface area (Å²) in [4.78, 5) is 22.0.